The number of nitrogens with one attached hydrogen (secondary N) is 1. The molecule has 2 aromatic rings. The van der Waals surface area contributed by atoms with Gasteiger partial charge in [-0.3, -0.25) is 9.59 Å². The summed E-state index contributed by atoms with van der Waals surface area (Å²) in [6.45, 7) is 0. The monoisotopic (exact) mass is 345 g/mol. The van der Waals surface area contributed by atoms with Gasteiger partial charge in [0.05, 0.1) is 19.9 Å². The summed E-state index contributed by atoms with van der Waals surface area (Å²) >= 11 is 0. The number of carbonyl (C=O) groups is 2. The molecule has 1 amide bonds. The zero-order valence-electron chi connectivity index (χ0n) is 14.2. The summed E-state index contributed by atoms with van der Waals surface area (Å²) in [4.78, 5) is 24.1. The third kappa shape index (κ3) is 5.31. The Morgan fingerprint density at radius 3 is 2.36 bits per heavy atom. The number of methoxy groups -OCH3 is 2. The Morgan fingerprint density at radius 1 is 1.00 bits per heavy atom. The third-order valence-corrected chi connectivity index (χ3v) is 3.65. The molecule has 0 fully saturated rings. The first-order valence-electron chi connectivity index (χ1n) is 7.84. The van der Waals surface area contributed by atoms with Crippen molar-refractivity contribution in [1.29, 1.82) is 0 Å². The van der Waals surface area contributed by atoms with E-state index in [1.807, 2.05) is 0 Å². The molecule has 0 atom stereocenters. The molecule has 0 saturated heterocycles. The molecule has 0 saturated carbocycles. The number of ether oxygens (including phenoxy) is 2. The molecule has 0 aliphatic rings. The maximum Gasteiger partial charge on any atom is 0.224 e. The zero-order chi connectivity index (χ0) is 18.2. The lowest BCUT2D eigenvalue weighted by Crippen LogP contribution is -2.13. The highest BCUT2D eigenvalue weighted by Gasteiger charge is 2.11. The molecule has 1 N–H and O–H groups in total. The molecular formula is C19H20FNO4. The van der Waals surface area contributed by atoms with Crippen molar-refractivity contribution in [2.24, 2.45) is 0 Å². The van der Waals surface area contributed by atoms with Gasteiger partial charge in [-0.25, -0.2) is 4.39 Å². The topological polar surface area (TPSA) is 64.6 Å². The summed E-state index contributed by atoms with van der Waals surface area (Å²) in [5, 5.41) is 2.75. The molecule has 0 spiro atoms. The fraction of sp³-hybridized carbons (Fsp3) is 0.263. The molecule has 2 rings (SSSR count). The number of carbonyl (C=O) groups excluding carboxylic acids is 2. The Morgan fingerprint density at radius 2 is 1.72 bits per heavy atom. The van der Waals surface area contributed by atoms with E-state index in [0.717, 1.165) is 0 Å². The Hall–Kier alpha value is -2.89. The van der Waals surface area contributed by atoms with Crippen molar-refractivity contribution in [1.82, 2.24) is 0 Å². The Bertz CT molecular complexity index is 744. The van der Waals surface area contributed by atoms with E-state index in [0.29, 0.717) is 29.2 Å². The zero-order valence-corrected chi connectivity index (χ0v) is 14.2. The number of ketones is 1. The fourth-order valence-electron chi connectivity index (χ4n) is 2.31. The Labute approximate surface area is 145 Å². The lowest BCUT2D eigenvalue weighted by Gasteiger charge is -2.11. The van der Waals surface area contributed by atoms with Crippen LogP contribution in [0.3, 0.4) is 0 Å². The van der Waals surface area contributed by atoms with Gasteiger partial charge in [-0.15, -0.1) is 0 Å². The van der Waals surface area contributed by atoms with Crippen molar-refractivity contribution in [2.45, 2.75) is 19.3 Å². The minimum atomic E-state index is -0.386. The van der Waals surface area contributed by atoms with E-state index in [-0.39, 0.29) is 30.3 Å². The number of hydrogen-bond acceptors (Lipinski definition) is 4. The first kappa shape index (κ1) is 18.4. The van der Waals surface area contributed by atoms with Gasteiger partial charge >= 0.3 is 0 Å². The fourth-order valence-corrected chi connectivity index (χ4v) is 2.31. The van der Waals surface area contributed by atoms with Crippen LogP contribution in [-0.4, -0.2) is 25.9 Å². The first-order valence-corrected chi connectivity index (χ1v) is 7.84. The number of rotatable bonds is 8. The van der Waals surface area contributed by atoms with Crippen LogP contribution in [0.4, 0.5) is 10.1 Å². The van der Waals surface area contributed by atoms with Crippen LogP contribution in [0.1, 0.15) is 29.6 Å². The third-order valence-electron chi connectivity index (χ3n) is 3.65. The van der Waals surface area contributed by atoms with Crippen molar-refractivity contribution < 1.29 is 23.5 Å². The second kappa shape index (κ2) is 8.82. The average molecular weight is 345 g/mol. The number of amides is 1. The molecule has 6 heteroatoms. The largest absolute Gasteiger partial charge is 0.497 e. The van der Waals surface area contributed by atoms with Crippen LogP contribution in [0.5, 0.6) is 11.5 Å². The minimum absolute atomic E-state index is 0.119. The summed E-state index contributed by atoms with van der Waals surface area (Å²) in [6, 6.07) is 10.5. The van der Waals surface area contributed by atoms with Gasteiger partial charge in [-0.1, -0.05) is 0 Å². The molecular weight excluding hydrogens is 325 g/mol. The molecule has 0 bridgehead atoms. The number of Topliss-reactive ketones (excluding diaryl/α,β-unsaturated/α-hetero) is 1. The molecule has 5 nitrogen and oxygen atoms in total. The summed E-state index contributed by atoms with van der Waals surface area (Å²) in [5.74, 6) is 0.396. The van der Waals surface area contributed by atoms with Crippen molar-refractivity contribution in [2.75, 3.05) is 19.5 Å². The van der Waals surface area contributed by atoms with Gasteiger partial charge in [0.1, 0.15) is 17.3 Å². The smallest absolute Gasteiger partial charge is 0.224 e. The van der Waals surface area contributed by atoms with Crippen LogP contribution in [0.25, 0.3) is 0 Å². The van der Waals surface area contributed by atoms with E-state index >= 15 is 0 Å². The van der Waals surface area contributed by atoms with Gasteiger partial charge in [0.15, 0.2) is 5.78 Å². The van der Waals surface area contributed by atoms with Crippen molar-refractivity contribution in [3.05, 3.63) is 53.8 Å². The average Bonchev–Trinajstić information content (AvgIpc) is 2.62. The first-order chi connectivity index (χ1) is 12.0. The molecule has 25 heavy (non-hydrogen) atoms. The second-order valence-electron chi connectivity index (χ2n) is 5.40. The highest BCUT2D eigenvalue weighted by atomic mass is 19.1. The van der Waals surface area contributed by atoms with Gasteiger partial charge in [0.2, 0.25) is 5.91 Å². The normalized spacial score (nSPS) is 10.2. The molecule has 0 aromatic heterocycles. The van der Waals surface area contributed by atoms with Gasteiger partial charge < -0.3 is 14.8 Å². The van der Waals surface area contributed by atoms with E-state index in [4.69, 9.17) is 9.47 Å². The molecule has 0 radical (unpaired) electrons. The van der Waals surface area contributed by atoms with E-state index in [9.17, 15) is 14.0 Å². The van der Waals surface area contributed by atoms with Gasteiger partial charge in [0, 0.05) is 24.5 Å². The van der Waals surface area contributed by atoms with E-state index in [2.05, 4.69) is 5.32 Å². The lowest BCUT2D eigenvalue weighted by molar-refractivity contribution is -0.116. The summed E-state index contributed by atoms with van der Waals surface area (Å²) in [6.07, 6.45) is 0.802. The molecule has 2 aromatic carbocycles. The van der Waals surface area contributed by atoms with E-state index < -0.39 is 0 Å². The predicted molar refractivity (Wildman–Crippen MR) is 92.8 cm³/mol. The molecule has 0 heterocycles. The highest BCUT2D eigenvalue weighted by Crippen LogP contribution is 2.29. The second-order valence-corrected chi connectivity index (χ2v) is 5.40. The maximum atomic E-state index is 12.8. The van der Waals surface area contributed by atoms with Crippen molar-refractivity contribution in [3.63, 3.8) is 0 Å². The van der Waals surface area contributed by atoms with Crippen molar-refractivity contribution in [3.8, 4) is 11.5 Å². The van der Waals surface area contributed by atoms with Crippen molar-refractivity contribution >= 4 is 17.4 Å². The lowest BCUT2D eigenvalue weighted by atomic mass is 10.1. The van der Waals surface area contributed by atoms with E-state index in [1.54, 1.807) is 18.2 Å². The Balaban J connectivity index is 1.86. The van der Waals surface area contributed by atoms with Gasteiger partial charge in [-0.2, -0.15) is 0 Å². The predicted octanol–water partition coefficient (Wildman–Crippen LogP) is 3.83. The van der Waals surface area contributed by atoms with Crippen LogP contribution in [-0.2, 0) is 4.79 Å². The SMILES string of the molecule is COc1ccc(OC)c(NC(=O)CCCC(=O)c2ccc(F)cc2)c1. The number of anilines is 1. The van der Waals surface area contributed by atoms with Crippen LogP contribution >= 0.6 is 0 Å². The quantitative estimate of drug-likeness (QED) is 0.739. The summed E-state index contributed by atoms with van der Waals surface area (Å²) < 4.78 is 23.2. The molecule has 0 aliphatic carbocycles. The van der Waals surface area contributed by atoms with Crippen LogP contribution < -0.4 is 14.8 Å². The maximum absolute atomic E-state index is 12.8. The Kier molecular flexibility index (Phi) is 6.51. The van der Waals surface area contributed by atoms with Crippen LogP contribution in [0.15, 0.2) is 42.5 Å². The summed E-state index contributed by atoms with van der Waals surface area (Å²) in [7, 11) is 3.05. The molecule has 0 aliphatic heterocycles. The van der Waals surface area contributed by atoms with Crippen LogP contribution in [0, 0.1) is 5.82 Å². The number of halogens is 1. The standard InChI is InChI=1S/C19H20FNO4/c1-24-15-10-11-18(25-2)16(12-15)21-19(23)5-3-4-17(22)13-6-8-14(20)9-7-13/h6-12H,3-5H2,1-2H3,(H,21,23). The number of benzene rings is 2. The summed E-state index contributed by atoms with van der Waals surface area (Å²) in [5.41, 5.74) is 0.952. The van der Waals surface area contributed by atoms with E-state index in [1.165, 1.54) is 38.5 Å². The number of hydrogen-bond donors (Lipinski definition) is 1. The van der Waals surface area contributed by atoms with Gasteiger partial charge in [-0.05, 0) is 42.8 Å². The van der Waals surface area contributed by atoms with Gasteiger partial charge in [0.25, 0.3) is 0 Å². The molecule has 132 valence electrons. The van der Waals surface area contributed by atoms with Crippen LogP contribution in [0.2, 0.25) is 0 Å². The highest BCUT2D eigenvalue weighted by molar-refractivity contribution is 5.97. The minimum Gasteiger partial charge on any atom is -0.497 e. The molecule has 0 unspecified atom stereocenters.